The van der Waals surface area contributed by atoms with Gasteiger partial charge in [0.05, 0.1) is 11.6 Å². The van der Waals surface area contributed by atoms with Crippen molar-refractivity contribution in [2.24, 2.45) is 0 Å². The second kappa shape index (κ2) is 5.89. The molecular formula is C14H19ClN6. The van der Waals surface area contributed by atoms with Gasteiger partial charge < -0.3 is 4.57 Å². The monoisotopic (exact) mass is 306 g/mol. The number of hydrogen-bond donors (Lipinski definition) is 0. The van der Waals surface area contributed by atoms with Crippen LogP contribution in [0, 0.1) is 6.92 Å². The van der Waals surface area contributed by atoms with Gasteiger partial charge >= 0.3 is 0 Å². The lowest BCUT2D eigenvalue weighted by Gasteiger charge is -2.09. The Kier molecular flexibility index (Phi) is 3.96. The lowest BCUT2D eigenvalue weighted by molar-refractivity contribution is 0.518. The van der Waals surface area contributed by atoms with Crippen molar-refractivity contribution in [1.29, 1.82) is 0 Å². The third-order valence-electron chi connectivity index (χ3n) is 3.62. The van der Waals surface area contributed by atoms with Gasteiger partial charge in [0.2, 0.25) is 0 Å². The average Bonchev–Trinajstić information content (AvgIpc) is 3.17. The van der Waals surface area contributed by atoms with Gasteiger partial charge in [-0.3, -0.25) is 4.68 Å². The van der Waals surface area contributed by atoms with Gasteiger partial charge in [-0.25, -0.2) is 9.67 Å². The molecule has 7 heteroatoms. The summed E-state index contributed by atoms with van der Waals surface area (Å²) < 4.78 is 6.13. The maximum Gasteiger partial charge on any atom is 0.158 e. The first-order valence-electron chi connectivity index (χ1n) is 7.20. The normalized spacial score (nSPS) is 11.6. The second-order valence-corrected chi connectivity index (χ2v) is 5.28. The van der Waals surface area contributed by atoms with Crippen molar-refractivity contribution >= 4 is 22.8 Å². The van der Waals surface area contributed by atoms with Crippen molar-refractivity contribution in [3.8, 4) is 0 Å². The molecule has 0 amide bonds. The van der Waals surface area contributed by atoms with Crippen LogP contribution in [0.25, 0.3) is 11.2 Å². The van der Waals surface area contributed by atoms with Crippen LogP contribution in [0.3, 0.4) is 0 Å². The summed E-state index contributed by atoms with van der Waals surface area (Å²) in [4.78, 5) is 4.64. The standard InChI is InChI=1S/C14H19ClN6/c1-3-21-14-13(11(2)18-21)17-12(10-15)20(14)9-5-8-19-7-4-6-16-19/h4,6-7H,3,5,8-10H2,1-2H3. The van der Waals surface area contributed by atoms with E-state index in [4.69, 9.17) is 11.6 Å². The average molecular weight is 307 g/mol. The molecule has 112 valence electrons. The zero-order valence-corrected chi connectivity index (χ0v) is 13.1. The quantitative estimate of drug-likeness (QED) is 0.658. The lowest BCUT2D eigenvalue weighted by Crippen LogP contribution is -2.10. The van der Waals surface area contributed by atoms with Crippen LogP contribution in [0.1, 0.15) is 24.9 Å². The number of fused-ring (bicyclic) bond motifs is 1. The summed E-state index contributed by atoms with van der Waals surface area (Å²) >= 11 is 6.06. The number of hydrogen-bond acceptors (Lipinski definition) is 3. The van der Waals surface area contributed by atoms with E-state index in [9.17, 15) is 0 Å². The van der Waals surface area contributed by atoms with Crippen molar-refractivity contribution in [3.05, 3.63) is 30.0 Å². The van der Waals surface area contributed by atoms with Gasteiger partial charge in [0.15, 0.2) is 5.65 Å². The molecule has 0 aliphatic rings. The Labute approximate surface area is 128 Å². The molecule has 0 saturated heterocycles. The number of nitrogens with zero attached hydrogens (tertiary/aromatic N) is 6. The molecule has 6 nitrogen and oxygen atoms in total. The lowest BCUT2D eigenvalue weighted by atomic mass is 10.4. The van der Waals surface area contributed by atoms with Crippen LogP contribution < -0.4 is 0 Å². The maximum atomic E-state index is 6.06. The SMILES string of the molecule is CCn1nc(C)c2nc(CCl)n(CCCn3cccn3)c21. The van der Waals surface area contributed by atoms with Crippen molar-refractivity contribution in [2.45, 2.75) is 45.8 Å². The largest absolute Gasteiger partial charge is 0.312 e. The third-order valence-corrected chi connectivity index (χ3v) is 3.86. The Balaban J connectivity index is 1.88. The number of imidazole rings is 1. The summed E-state index contributed by atoms with van der Waals surface area (Å²) in [5.74, 6) is 1.33. The molecule has 0 N–H and O–H groups in total. The van der Waals surface area contributed by atoms with Crippen LogP contribution >= 0.6 is 11.6 Å². The van der Waals surface area contributed by atoms with Crippen molar-refractivity contribution in [2.75, 3.05) is 0 Å². The first-order chi connectivity index (χ1) is 10.2. The van der Waals surface area contributed by atoms with E-state index in [0.717, 1.165) is 48.7 Å². The molecule has 0 unspecified atom stereocenters. The zero-order chi connectivity index (χ0) is 14.8. The van der Waals surface area contributed by atoms with Gasteiger partial charge in [0.25, 0.3) is 0 Å². The molecular weight excluding hydrogens is 288 g/mol. The van der Waals surface area contributed by atoms with Crippen LogP contribution in [0.5, 0.6) is 0 Å². The van der Waals surface area contributed by atoms with Gasteiger partial charge in [-0.1, -0.05) is 0 Å². The molecule has 0 saturated carbocycles. The fraction of sp³-hybridized carbons (Fsp3) is 0.500. The summed E-state index contributed by atoms with van der Waals surface area (Å²) in [5, 5.41) is 8.76. The van der Waals surface area contributed by atoms with Gasteiger partial charge in [-0.15, -0.1) is 11.6 Å². The van der Waals surface area contributed by atoms with Gasteiger partial charge in [-0.2, -0.15) is 10.2 Å². The molecule has 3 aromatic heterocycles. The highest BCUT2D eigenvalue weighted by Crippen LogP contribution is 2.21. The fourth-order valence-electron chi connectivity index (χ4n) is 2.65. The van der Waals surface area contributed by atoms with E-state index >= 15 is 0 Å². The van der Waals surface area contributed by atoms with Gasteiger partial charge in [0, 0.05) is 32.0 Å². The minimum atomic E-state index is 0.416. The van der Waals surface area contributed by atoms with Gasteiger partial charge in [-0.05, 0) is 26.3 Å². The van der Waals surface area contributed by atoms with Crippen molar-refractivity contribution < 1.29 is 0 Å². The molecule has 0 atom stereocenters. The highest BCUT2D eigenvalue weighted by atomic mass is 35.5. The molecule has 21 heavy (non-hydrogen) atoms. The Bertz CT molecular complexity index is 724. The molecule has 0 radical (unpaired) electrons. The Morgan fingerprint density at radius 1 is 1.29 bits per heavy atom. The van der Waals surface area contributed by atoms with Gasteiger partial charge in [0.1, 0.15) is 11.3 Å². The van der Waals surface area contributed by atoms with Crippen LogP contribution in [-0.4, -0.2) is 29.1 Å². The van der Waals surface area contributed by atoms with E-state index < -0.39 is 0 Å². The fourth-order valence-corrected chi connectivity index (χ4v) is 2.85. The van der Waals surface area contributed by atoms with Crippen LogP contribution in [0.2, 0.25) is 0 Å². The first kappa shape index (κ1) is 14.1. The first-order valence-corrected chi connectivity index (χ1v) is 7.74. The smallest absolute Gasteiger partial charge is 0.158 e. The molecule has 0 spiro atoms. The van der Waals surface area contributed by atoms with Crippen LogP contribution in [-0.2, 0) is 25.5 Å². The molecule has 0 aliphatic heterocycles. The van der Waals surface area contributed by atoms with E-state index in [1.807, 2.05) is 28.6 Å². The highest BCUT2D eigenvalue weighted by Gasteiger charge is 2.17. The van der Waals surface area contributed by atoms with E-state index in [0.29, 0.717) is 5.88 Å². The predicted molar refractivity (Wildman–Crippen MR) is 82.3 cm³/mol. The van der Waals surface area contributed by atoms with Crippen molar-refractivity contribution in [1.82, 2.24) is 29.1 Å². The van der Waals surface area contributed by atoms with Crippen molar-refractivity contribution in [3.63, 3.8) is 0 Å². The molecule has 0 fully saturated rings. The molecule has 3 aromatic rings. The summed E-state index contributed by atoms with van der Waals surface area (Å²) in [6.07, 6.45) is 4.76. The topological polar surface area (TPSA) is 53.5 Å². The van der Waals surface area contributed by atoms with E-state index in [-0.39, 0.29) is 0 Å². The summed E-state index contributed by atoms with van der Waals surface area (Å²) in [7, 11) is 0. The molecule has 3 rings (SSSR count). The number of aryl methyl sites for hydroxylation is 4. The predicted octanol–water partition coefficient (Wildman–Crippen LogP) is 2.59. The summed E-state index contributed by atoms with van der Waals surface area (Å²) in [6.45, 7) is 6.66. The Hall–Kier alpha value is -1.82. The molecule has 0 aliphatic carbocycles. The molecule has 3 heterocycles. The summed E-state index contributed by atoms with van der Waals surface area (Å²) in [5.41, 5.74) is 3.00. The van der Waals surface area contributed by atoms with Crippen LogP contribution in [0.4, 0.5) is 0 Å². The minimum Gasteiger partial charge on any atom is -0.312 e. The Morgan fingerprint density at radius 2 is 2.14 bits per heavy atom. The molecule has 0 aromatic carbocycles. The third kappa shape index (κ3) is 2.55. The number of aromatic nitrogens is 6. The highest BCUT2D eigenvalue weighted by molar-refractivity contribution is 6.16. The van der Waals surface area contributed by atoms with E-state index in [1.54, 1.807) is 6.20 Å². The summed E-state index contributed by atoms with van der Waals surface area (Å²) in [6, 6.07) is 1.94. The van der Waals surface area contributed by atoms with E-state index in [2.05, 4.69) is 26.7 Å². The zero-order valence-electron chi connectivity index (χ0n) is 12.3. The number of alkyl halides is 1. The maximum absolute atomic E-state index is 6.06. The number of rotatable bonds is 6. The van der Waals surface area contributed by atoms with E-state index in [1.165, 1.54) is 0 Å². The minimum absolute atomic E-state index is 0.416. The second-order valence-electron chi connectivity index (χ2n) is 5.01. The Morgan fingerprint density at radius 3 is 2.81 bits per heavy atom. The molecule has 0 bridgehead atoms. The number of halogens is 1. The van der Waals surface area contributed by atoms with Crippen LogP contribution in [0.15, 0.2) is 18.5 Å².